The number of hydrogen-bond acceptors (Lipinski definition) is 3. The van der Waals surface area contributed by atoms with Gasteiger partial charge in [0.2, 0.25) is 0 Å². The highest BCUT2D eigenvalue weighted by atomic mass is 16.6. The Kier molecular flexibility index (Phi) is 3.34. The summed E-state index contributed by atoms with van der Waals surface area (Å²) >= 11 is 0. The van der Waals surface area contributed by atoms with Crippen LogP contribution in [-0.2, 0) is 4.84 Å². The normalized spacial score (nSPS) is 15.4. The predicted molar refractivity (Wildman–Crippen MR) is 61.8 cm³/mol. The first kappa shape index (κ1) is 10.9. The first-order valence-corrected chi connectivity index (χ1v) is 5.17. The lowest BCUT2D eigenvalue weighted by atomic mass is 10.0. The van der Waals surface area contributed by atoms with Crippen LogP contribution in [0.5, 0.6) is 0 Å². The fraction of sp³-hybridized carbons (Fsp3) is 0.250. The molecule has 0 saturated heterocycles. The minimum atomic E-state index is -0.0675. The van der Waals surface area contributed by atoms with Crippen molar-refractivity contribution in [1.82, 2.24) is 10.8 Å². The van der Waals surface area contributed by atoms with E-state index >= 15 is 0 Å². The summed E-state index contributed by atoms with van der Waals surface area (Å²) in [4.78, 5) is 16.5. The zero-order valence-electron chi connectivity index (χ0n) is 9.12. The molecule has 0 aromatic heterocycles. The van der Waals surface area contributed by atoms with Gasteiger partial charge in [0.25, 0.3) is 5.91 Å². The minimum absolute atomic E-state index is 0.0675. The molecule has 1 aromatic carbocycles. The molecular weight excluding hydrogens is 204 g/mol. The van der Waals surface area contributed by atoms with Crippen molar-refractivity contribution in [3.8, 4) is 0 Å². The standard InChI is InChI=1S/C12H14N2O2/c1-13-12(15)10-4-2-9(3-5-10)11-6-7-14-16-8-11/h2-6,14H,7-8H2,1H3,(H,13,15). The number of amides is 1. The molecule has 1 amide bonds. The average molecular weight is 218 g/mol. The molecule has 16 heavy (non-hydrogen) atoms. The van der Waals surface area contributed by atoms with E-state index in [9.17, 15) is 4.79 Å². The van der Waals surface area contributed by atoms with Crippen molar-refractivity contribution >= 4 is 11.5 Å². The Hall–Kier alpha value is -1.65. The van der Waals surface area contributed by atoms with Crippen molar-refractivity contribution in [1.29, 1.82) is 0 Å². The van der Waals surface area contributed by atoms with E-state index in [0.29, 0.717) is 18.7 Å². The lowest BCUT2D eigenvalue weighted by molar-refractivity contribution is 0.0678. The molecule has 84 valence electrons. The molecule has 0 spiro atoms. The molecule has 1 heterocycles. The highest BCUT2D eigenvalue weighted by Crippen LogP contribution is 2.16. The first-order chi connectivity index (χ1) is 7.81. The number of hydroxylamine groups is 1. The van der Waals surface area contributed by atoms with E-state index in [1.807, 2.05) is 24.3 Å². The topological polar surface area (TPSA) is 50.4 Å². The van der Waals surface area contributed by atoms with Crippen LogP contribution in [0.3, 0.4) is 0 Å². The molecule has 4 heteroatoms. The molecule has 1 aliphatic heterocycles. The van der Waals surface area contributed by atoms with Gasteiger partial charge in [-0.2, -0.15) is 5.48 Å². The van der Waals surface area contributed by atoms with Gasteiger partial charge in [-0.05, 0) is 23.3 Å². The van der Waals surface area contributed by atoms with Crippen LogP contribution in [0.4, 0.5) is 0 Å². The maximum absolute atomic E-state index is 11.3. The van der Waals surface area contributed by atoms with Gasteiger partial charge in [0.1, 0.15) is 0 Å². The molecule has 2 rings (SSSR count). The Morgan fingerprint density at radius 2 is 2.12 bits per heavy atom. The summed E-state index contributed by atoms with van der Waals surface area (Å²) < 4.78 is 0. The highest BCUT2D eigenvalue weighted by molar-refractivity contribution is 5.94. The van der Waals surface area contributed by atoms with E-state index in [0.717, 1.165) is 11.1 Å². The van der Waals surface area contributed by atoms with Gasteiger partial charge in [-0.1, -0.05) is 18.2 Å². The van der Waals surface area contributed by atoms with Crippen LogP contribution in [0.1, 0.15) is 15.9 Å². The van der Waals surface area contributed by atoms with Crippen LogP contribution in [0.2, 0.25) is 0 Å². The summed E-state index contributed by atoms with van der Waals surface area (Å²) in [7, 11) is 1.62. The summed E-state index contributed by atoms with van der Waals surface area (Å²) in [6, 6.07) is 7.50. The maximum atomic E-state index is 11.3. The van der Waals surface area contributed by atoms with Crippen molar-refractivity contribution in [2.75, 3.05) is 20.2 Å². The number of nitrogens with one attached hydrogen (secondary N) is 2. The molecule has 0 saturated carbocycles. The van der Waals surface area contributed by atoms with Crippen LogP contribution in [0.25, 0.3) is 5.57 Å². The molecular formula is C12H14N2O2. The summed E-state index contributed by atoms with van der Waals surface area (Å²) in [5, 5.41) is 2.59. The molecule has 0 atom stereocenters. The Morgan fingerprint density at radius 3 is 2.69 bits per heavy atom. The van der Waals surface area contributed by atoms with Crippen molar-refractivity contribution in [3.63, 3.8) is 0 Å². The summed E-state index contributed by atoms with van der Waals surface area (Å²) in [5.74, 6) is -0.0675. The largest absolute Gasteiger partial charge is 0.355 e. The highest BCUT2D eigenvalue weighted by Gasteiger charge is 2.07. The zero-order valence-corrected chi connectivity index (χ0v) is 9.12. The first-order valence-electron chi connectivity index (χ1n) is 5.17. The molecule has 2 N–H and O–H groups in total. The summed E-state index contributed by atoms with van der Waals surface area (Å²) in [6.07, 6.45) is 2.08. The zero-order chi connectivity index (χ0) is 11.4. The van der Waals surface area contributed by atoms with E-state index < -0.39 is 0 Å². The number of rotatable bonds is 2. The molecule has 1 aliphatic rings. The Balaban J connectivity index is 2.18. The van der Waals surface area contributed by atoms with E-state index in [4.69, 9.17) is 4.84 Å². The van der Waals surface area contributed by atoms with E-state index in [2.05, 4.69) is 16.9 Å². The fourth-order valence-electron chi connectivity index (χ4n) is 1.59. The van der Waals surface area contributed by atoms with E-state index in [1.54, 1.807) is 7.05 Å². The quantitative estimate of drug-likeness (QED) is 0.777. The number of benzene rings is 1. The summed E-state index contributed by atoms with van der Waals surface area (Å²) in [5.41, 5.74) is 5.68. The van der Waals surface area contributed by atoms with Gasteiger partial charge in [-0.25, -0.2) is 0 Å². The lowest BCUT2D eigenvalue weighted by Crippen LogP contribution is -2.21. The van der Waals surface area contributed by atoms with E-state index in [1.165, 1.54) is 0 Å². The average Bonchev–Trinajstić information content (AvgIpc) is 2.39. The van der Waals surface area contributed by atoms with Crippen LogP contribution in [0, 0.1) is 0 Å². The second-order valence-electron chi connectivity index (χ2n) is 3.52. The van der Waals surface area contributed by atoms with Gasteiger partial charge >= 0.3 is 0 Å². The number of hydrogen-bond donors (Lipinski definition) is 2. The molecule has 0 fully saturated rings. The van der Waals surface area contributed by atoms with Crippen LogP contribution < -0.4 is 10.8 Å². The van der Waals surface area contributed by atoms with Crippen molar-refractivity contribution in [2.24, 2.45) is 0 Å². The Morgan fingerprint density at radius 1 is 1.38 bits per heavy atom. The SMILES string of the molecule is CNC(=O)c1ccc(C2=CCNOC2)cc1. The van der Waals surface area contributed by atoms with E-state index in [-0.39, 0.29) is 5.91 Å². The van der Waals surface area contributed by atoms with Gasteiger partial charge in [-0.3, -0.25) is 9.63 Å². The van der Waals surface area contributed by atoms with Crippen LogP contribution in [0.15, 0.2) is 30.3 Å². The van der Waals surface area contributed by atoms with Gasteiger partial charge in [-0.15, -0.1) is 0 Å². The third kappa shape index (κ3) is 2.29. The van der Waals surface area contributed by atoms with Crippen molar-refractivity contribution < 1.29 is 9.63 Å². The molecule has 0 aliphatic carbocycles. The smallest absolute Gasteiger partial charge is 0.251 e. The van der Waals surface area contributed by atoms with Gasteiger partial charge in [0, 0.05) is 19.2 Å². The van der Waals surface area contributed by atoms with Gasteiger partial charge in [0.15, 0.2) is 0 Å². The van der Waals surface area contributed by atoms with Crippen LogP contribution in [-0.4, -0.2) is 26.1 Å². The Labute approximate surface area is 94.3 Å². The molecule has 4 nitrogen and oxygen atoms in total. The predicted octanol–water partition coefficient (Wildman–Crippen LogP) is 0.964. The van der Waals surface area contributed by atoms with Gasteiger partial charge < -0.3 is 5.32 Å². The Bertz CT molecular complexity index is 410. The fourth-order valence-corrected chi connectivity index (χ4v) is 1.59. The molecule has 1 aromatic rings. The second kappa shape index (κ2) is 4.92. The van der Waals surface area contributed by atoms with Crippen molar-refractivity contribution in [3.05, 3.63) is 41.5 Å². The van der Waals surface area contributed by atoms with Crippen molar-refractivity contribution in [2.45, 2.75) is 0 Å². The third-order valence-electron chi connectivity index (χ3n) is 2.51. The van der Waals surface area contributed by atoms with Gasteiger partial charge in [0.05, 0.1) is 6.61 Å². The lowest BCUT2D eigenvalue weighted by Gasteiger charge is -2.14. The second-order valence-corrected chi connectivity index (χ2v) is 3.52. The number of carbonyl (C=O) groups is 1. The summed E-state index contributed by atoms with van der Waals surface area (Å²) in [6.45, 7) is 1.27. The monoisotopic (exact) mass is 218 g/mol. The minimum Gasteiger partial charge on any atom is -0.355 e. The molecule has 0 bridgehead atoms. The third-order valence-corrected chi connectivity index (χ3v) is 2.51. The molecule has 0 unspecified atom stereocenters. The number of carbonyl (C=O) groups excluding carboxylic acids is 1. The molecule has 0 radical (unpaired) electrons. The maximum Gasteiger partial charge on any atom is 0.251 e. The van der Waals surface area contributed by atoms with Crippen LogP contribution >= 0.6 is 0 Å².